The SMILES string of the molecule is O=C(Cc1ccc(O)cn1)N1CCC(c2cccnc2)C1. The van der Waals surface area contributed by atoms with E-state index in [0.29, 0.717) is 11.6 Å². The third-order valence-electron chi connectivity index (χ3n) is 3.84. The van der Waals surface area contributed by atoms with Gasteiger partial charge in [0.15, 0.2) is 0 Å². The number of carbonyl (C=O) groups is 1. The lowest BCUT2D eigenvalue weighted by atomic mass is 10.0. The van der Waals surface area contributed by atoms with Crippen LogP contribution in [-0.2, 0) is 11.2 Å². The van der Waals surface area contributed by atoms with Gasteiger partial charge in [0.1, 0.15) is 5.75 Å². The molecule has 108 valence electrons. The Morgan fingerprint density at radius 3 is 2.95 bits per heavy atom. The fraction of sp³-hybridized carbons (Fsp3) is 0.312. The van der Waals surface area contributed by atoms with Crippen LogP contribution in [0.4, 0.5) is 0 Å². The van der Waals surface area contributed by atoms with E-state index in [1.807, 2.05) is 17.2 Å². The lowest BCUT2D eigenvalue weighted by Crippen LogP contribution is -2.30. The van der Waals surface area contributed by atoms with Gasteiger partial charge in [-0.05, 0) is 30.2 Å². The zero-order chi connectivity index (χ0) is 14.7. The van der Waals surface area contributed by atoms with Gasteiger partial charge in [0.2, 0.25) is 5.91 Å². The summed E-state index contributed by atoms with van der Waals surface area (Å²) in [5, 5.41) is 9.20. The molecule has 0 aliphatic carbocycles. The van der Waals surface area contributed by atoms with Gasteiger partial charge >= 0.3 is 0 Å². The Kier molecular flexibility index (Phi) is 3.81. The van der Waals surface area contributed by atoms with Crippen LogP contribution in [0, 0.1) is 0 Å². The average Bonchev–Trinajstić information content (AvgIpc) is 3.00. The number of hydrogen-bond donors (Lipinski definition) is 1. The van der Waals surface area contributed by atoms with Crippen molar-refractivity contribution >= 4 is 5.91 Å². The standard InChI is InChI=1S/C16H17N3O2/c20-15-4-3-14(18-10-15)8-16(21)19-7-5-13(11-19)12-2-1-6-17-9-12/h1-4,6,9-10,13,20H,5,7-8,11H2. The quantitative estimate of drug-likeness (QED) is 0.931. The van der Waals surface area contributed by atoms with E-state index in [2.05, 4.69) is 16.0 Å². The van der Waals surface area contributed by atoms with Crippen molar-refractivity contribution in [3.8, 4) is 5.75 Å². The lowest BCUT2D eigenvalue weighted by Gasteiger charge is -2.16. The van der Waals surface area contributed by atoms with E-state index < -0.39 is 0 Å². The van der Waals surface area contributed by atoms with E-state index in [-0.39, 0.29) is 18.1 Å². The summed E-state index contributed by atoms with van der Waals surface area (Å²) in [6, 6.07) is 7.23. The second kappa shape index (κ2) is 5.91. The molecule has 1 N–H and O–H groups in total. The van der Waals surface area contributed by atoms with Crippen LogP contribution in [0.15, 0.2) is 42.9 Å². The van der Waals surface area contributed by atoms with E-state index in [9.17, 15) is 9.90 Å². The van der Waals surface area contributed by atoms with Crippen molar-refractivity contribution in [2.24, 2.45) is 0 Å². The summed E-state index contributed by atoms with van der Waals surface area (Å²) >= 11 is 0. The minimum atomic E-state index is 0.0829. The highest BCUT2D eigenvalue weighted by atomic mass is 16.3. The number of carbonyl (C=O) groups excluding carboxylic acids is 1. The zero-order valence-electron chi connectivity index (χ0n) is 11.6. The number of pyridine rings is 2. The van der Waals surface area contributed by atoms with Crippen LogP contribution < -0.4 is 0 Å². The van der Waals surface area contributed by atoms with Crippen molar-refractivity contribution in [3.05, 3.63) is 54.1 Å². The molecule has 1 aliphatic rings. The molecular weight excluding hydrogens is 266 g/mol. The van der Waals surface area contributed by atoms with Crippen molar-refractivity contribution in [2.45, 2.75) is 18.8 Å². The molecule has 1 saturated heterocycles. The minimum Gasteiger partial charge on any atom is -0.506 e. The molecule has 1 aliphatic heterocycles. The second-order valence-electron chi connectivity index (χ2n) is 5.30. The van der Waals surface area contributed by atoms with Crippen molar-refractivity contribution in [3.63, 3.8) is 0 Å². The Morgan fingerprint density at radius 2 is 2.24 bits per heavy atom. The number of aromatic nitrogens is 2. The summed E-state index contributed by atoms with van der Waals surface area (Å²) in [4.78, 5) is 22.4. The maximum atomic E-state index is 12.3. The maximum Gasteiger partial charge on any atom is 0.228 e. The number of aromatic hydroxyl groups is 1. The Labute approximate surface area is 123 Å². The molecule has 21 heavy (non-hydrogen) atoms. The molecule has 0 radical (unpaired) electrons. The van der Waals surface area contributed by atoms with Gasteiger partial charge in [0, 0.05) is 37.1 Å². The van der Waals surface area contributed by atoms with Crippen molar-refractivity contribution in [1.29, 1.82) is 0 Å². The number of rotatable bonds is 3. The summed E-state index contributed by atoms with van der Waals surface area (Å²) in [7, 11) is 0. The molecule has 3 heterocycles. The van der Waals surface area contributed by atoms with Gasteiger partial charge < -0.3 is 10.0 Å². The van der Waals surface area contributed by atoms with Crippen LogP contribution in [0.1, 0.15) is 23.6 Å². The summed E-state index contributed by atoms with van der Waals surface area (Å²) in [6.45, 7) is 1.51. The van der Waals surface area contributed by atoms with Crippen molar-refractivity contribution < 1.29 is 9.90 Å². The molecule has 0 spiro atoms. The molecule has 5 nitrogen and oxygen atoms in total. The molecule has 1 unspecified atom stereocenters. The largest absolute Gasteiger partial charge is 0.506 e. The Morgan fingerprint density at radius 1 is 1.33 bits per heavy atom. The first kappa shape index (κ1) is 13.5. The minimum absolute atomic E-state index is 0.0829. The number of hydrogen-bond acceptors (Lipinski definition) is 4. The summed E-state index contributed by atoms with van der Waals surface area (Å²) in [5.74, 6) is 0.569. The topological polar surface area (TPSA) is 66.3 Å². The number of amides is 1. The highest BCUT2D eigenvalue weighted by molar-refractivity contribution is 5.78. The van der Waals surface area contributed by atoms with Crippen LogP contribution >= 0.6 is 0 Å². The third-order valence-corrected chi connectivity index (χ3v) is 3.84. The first-order chi connectivity index (χ1) is 10.2. The summed E-state index contributed by atoms with van der Waals surface area (Å²) in [6.07, 6.45) is 6.25. The molecule has 1 fully saturated rings. The predicted octanol–water partition coefficient (Wildman–Crippen LogP) is 1.74. The van der Waals surface area contributed by atoms with Gasteiger partial charge in [-0.15, -0.1) is 0 Å². The third kappa shape index (κ3) is 3.18. The highest BCUT2D eigenvalue weighted by Crippen LogP contribution is 2.26. The molecule has 0 saturated carbocycles. The van der Waals surface area contributed by atoms with Crippen molar-refractivity contribution in [2.75, 3.05) is 13.1 Å². The normalized spacial score (nSPS) is 17.9. The molecule has 1 atom stereocenters. The van der Waals surface area contributed by atoms with Gasteiger partial charge in [0.05, 0.1) is 12.6 Å². The van der Waals surface area contributed by atoms with E-state index in [1.54, 1.807) is 18.3 Å². The second-order valence-corrected chi connectivity index (χ2v) is 5.30. The first-order valence-corrected chi connectivity index (χ1v) is 7.04. The number of nitrogens with zero attached hydrogens (tertiary/aromatic N) is 3. The fourth-order valence-electron chi connectivity index (χ4n) is 2.66. The van der Waals surface area contributed by atoms with Gasteiger partial charge in [-0.3, -0.25) is 14.8 Å². The van der Waals surface area contributed by atoms with Crippen LogP contribution in [0.5, 0.6) is 5.75 Å². The van der Waals surface area contributed by atoms with Gasteiger partial charge in [0.25, 0.3) is 0 Å². The number of likely N-dealkylation sites (tertiary alicyclic amines) is 1. The molecule has 0 bridgehead atoms. The smallest absolute Gasteiger partial charge is 0.228 e. The fourth-order valence-corrected chi connectivity index (χ4v) is 2.66. The van der Waals surface area contributed by atoms with Gasteiger partial charge in [-0.2, -0.15) is 0 Å². The Hall–Kier alpha value is -2.43. The molecule has 2 aromatic heterocycles. The average molecular weight is 283 g/mol. The van der Waals surface area contributed by atoms with Gasteiger partial charge in [-0.1, -0.05) is 6.07 Å². The van der Waals surface area contributed by atoms with E-state index in [0.717, 1.165) is 19.5 Å². The molecule has 5 heteroatoms. The molecule has 1 amide bonds. The zero-order valence-corrected chi connectivity index (χ0v) is 11.6. The Bertz CT molecular complexity index is 613. The van der Waals surface area contributed by atoms with Gasteiger partial charge in [-0.25, -0.2) is 0 Å². The molecule has 0 aromatic carbocycles. The highest BCUT2D eigenvalue weighted by Gasteiger charge is 2.27. The lowest BCUT2D eigenvalue weighted by molar-refractivity contribution is -0.129. The molecule has 2 aromatic rings. The van der Waals surface area contributed by atoms with Crippen LogP contribution in [0.3, 0.4) is 0 Å². The predicted molar refractivity (Wildman–Crippen MR) is 77.8 cm³/mol. The monoisotopic (exact) mass is 283 g/mol. The molecule has 3 rings (SSSR count). The van der Waals surface area contributed by atoms with Crippen LogP contribution in [0.25, 0.3) is 0 Å². The summed E-state index contributed by atoms with van der Waals surface area (Å²) < 4.78 is 0. The first-order valence-electron chi connectivity index (χ1n) is 7.04. The molecular formula is C16H17N3O2. The van der Waals surface area contributed by atoms with Crippen LogP contribution in [-0.4, -0.2) is 39.0 Å². The maximum absolute atomic E-state index is 12.3. The van der Waals surface area contributed by atoms with Crippen LogP contribution in [0.2, 0.25) is 0 Å². The van der Waals surface area contributed by atoms with E-state index in [1.165, 1.54) is 11.8 Å². The summed E-state index contributed by atoms with van der Waals surface area (Å²) in [5.41, 5.74) is 1.87. The Balaban J connectivity index is 1.61. The van der Waals surface area contributed by atoms with E-state index in [4.69, 9.17) is 0 Å². The van der Waals surface area contributed by atoms with Crippen molar-refractivity contribution in [1.82, 2.24) is 14.9 Å². The van der Waals surface area contributed by atoms with E-state index >= 15 is 0 Å².